The lowest BCUT2D eigenvalue weighted by Gasteiger charge is -2.41. The summed E-state index contributed by atoms with van der Waals surface area (Å²) in [6.45, 7) is 2.01. The summed E-state index contributed by atoms with van der Waals surface area (Å²) < 4.78 is 0. The van der Waals surface area contributed by atoms with E-state index in [1.807, 2.05) is 13.0 Å². The summed E-state index contributed by atoms with van der Waals surface area (Å²) >= 11 is 0. The number of fused-ring (bicyclic) bond motifs is 4. The Morgan fingerprint density at radius 3 is 2.60 bits per heavy atom. The number of hydrogen-bond donors (Lipinski definition) is 2. The first-order valence-electron chi connectivity index (χ1n) is 7.88. The van der Waals surface area contributed by atoms with Crippen LogP contribution in [0.25, 0.3) is 0 Å². The van der Waals surface area contributed by atoms with Gasteiger partial charge in [-0.2, -0.15) is 0 Å². The van der Waals surface area contributed by atoms with Crippen LogP contribution in [-0.4, -0.2) is 11.0 Å². The first-order chi connectivity index (χ1) is 9.72. The van der Waals surface area contributed by atoms with Crippen molar-refractivity contribution in [2.24, 2.45) is 0 Å². The molecule has 0 spiro atoms. The van der Waals surface area contributed by atoms with Crippen molar-refractivity contribution >= 4 is 11.6 Å². The fraction of sp³-hybridized carbons (Fsp3) is 0.588. The Morgan fingerprint density at radius 2 is 1.90 bits per heavy atom. The van der Waals surface area contributed by atoms with E-state index >= 15 is 0 Å². The van der Waals surface area contributed by atoms with Crippen LogP contribution in [0.2, 0.25) is 0 Å². The number of carbonyl (C=O) groups excluding carboxylic acids is 1. The van der Waals surface area contributed by atoms with Gasteiger partial charge in [0, 0.05) is 17.7 Å². The summed E-state index contributed by atoms with van der Waals surface area (Å²) in [5.74, 6) is 1.54. The molecule has 0 saturated heterocycles. The van der Waals surface area contributed by atoms with E-state index in [1.165, 1.54) is 37.7 Å². The zero-order chi connectivity index (χ0) is 14.1. The molecule has 1 aromatic rings. The summed E-state index contributed by atoms with van der Waals surface area (Å²) in [6.07, 6.45) is 7.60. The number of anilines is 1. The van der Waals surface area contributed by atoms with Crippen LogP contribution >= 0.6 is 0 Å². The molecule has 1 saturated carbocycles. The highest BCUT2D eigenvalue weighted by Crippen LogP contribution is 2.58. The first kappa shape index (κ1) is 13.5. The van der Waals surface area contributed by atoms with Crippen molar-refractivity contribution in [3.8, 4) is 5.75 Å². The average molecular weight is 273 g/mol. The van der Waals surface area contributed by atoms with Crippen molar-refractivity contribution in [1.29, 1.82) is 0 Å². The second kappa shape index (κ2) is 5.47. The van der Waals surface area contributed by atoms with Gasteiger partial charge in [-0.3, -0.25) is 4.79 Å². The molecule has 0 heterocycles. The van der Waals surface area contributed by atoms with Gasteiger partial charge in [0.05, 0.1) is 0 Å². The Balaban J connectivity index is 1.91. The van der Waals surface area contributed by atoms with Gasteiger partial charge in [0.2, 0.25) is 5.91 Å². The molecule has 20 heavy (non-hydrogen) atoms. The minimum atomic E-state index is 0.0810. The lowest BCUT2D eigenvalue weighted by Crippen LogP contribution is -2.26. The van der Waals surface area contributed by atoms with Crippen molar-refractivity contribution in [3.63, 3.8) is 0 Å². The zero-order valence-corrected chi connectivity index (χ0v) is 12.1. The van der Waals surface area contributed by atoms with Gasteiger partial charge in [-0.25, -0.2) is 0 Å². The number of amides is 1. The average Bonchev–Trinajstić information content (AvgIpc) is 2.59. The highest BCUT2D eigenvalue weighted by Gasteiger charge is 2.42. The summed E-state index contributed by atoms with van der Waals surface area (Å²) in [5.41, 5.74) is 3.24. The molecular weight excluding hydrogens is 250 g/mol. The molecule has 3 heteroatoms. The van der Waals surface area contributed by atoms with Crippen molar-refractivity contribution in [2.75, 3.05) is 5.32 Å². The smallest absolute Gasteiger partial charge is 0.224 e. The largest absolute Gasteiger partial charge is 0.508 e. The number of carbonyl (C=O) groups is 1. The number of phenolic OH excluding ortho intramolecular Hbond substituents is 1. The maximum atomic E-state index is 11.8. The van der Waals surface area contributed by atoms with Crippen LogP contribution in [0, 0.1) is 0 Å². The van der Waals surface area contributed by atoms with Gasteiger partial charge in [-0.15, -0.1) is 0 Å². The van der Waals surface area contributed by atoms with E-state index in [4.69, 9.17) is 0 Å². The number of rotatable bonds is 3. The first-order valence-corrected chi connectivity index (χ1v) is 7.88. The Kier molecular flexibility index (Phi) is 3.68. The molecule has 2 aliphatic carbocycles. The SMILES string of the molecule is CCCC(=O)Nc1ccc(O)c2c1[C@@H]1CCCCC[C@@H]21. The minimum absolute atomic E-state index is 0.0810. The van der Waals surface area contributed by atoms with E-state index < -0.39 is 0 Å². The number of nitrogens with one attached hydrogen (secondary N) is 1. The third-order valence-corrected chi connectivity index (χ3v) is 4.77. The maximum absolute atomic E-state index is 11.8. The molecule has 2 N–H and O–H groups in total. The molecule has 108 valence electrons. The topological polar surface area (TPSA) is 49.3 Å². The van der Waals surface area contributed by atoms with E-state index in [2.05, 4.69) is 5.32 Å². The summed E-state index contributed by atoms with van der Waals surface area (Å²) in [5, 5.41) is 13.2. The molecule has 2 aliphatic rings. The van der Waals surface area contributed by atoms with Crippen molar-refractivity contribution < 1.29 is 9.90 Å². The number of phenols is 1. The molecule has 1 aromatic carbocycles. The van der Waals surface area contributed by atoms with Crippen LogP contribution in [-0.2, 0) is 4.79 Å². The summed E-state index contributed by atoms with van der Waals surface area (Å²) in [6, 6.07) is 3.60. The maximum Gasteiger partial charge on any atom is 0.224 e. The van der Waals surface area contributed by atoms with Crippen molar-refractivity contribution in [3.05, 3.63) is 23.3 Å². The number of aromatic hydroxyl groups is 1. The van der Waals surface area contributed by atoms with Gasteiger partial charge >= 0.3 is 0 Å². The molecular formula is C17H23NO2. The lowest BCUT2D eigenvalue weighted by atomic mass is 9.64. The monoisotopic (exact) mass is 273 g/mol. The molecule has 0 bridgehead atoms. The predicted octanol–water partition coefficient (Wildman–Crippen LogP) is 4.28. The quantitative estimate of drug-likeness (QED) is 0.808. The fourth-order valence-corrected chi connectivity index (χ4v) is 3.87. The Morgan fingerprint density at radius 1 is 1.20 bits per heavy atom. The lowest BCUT2D eigenvalue weighted by molar-refractivity contribution is -0.116. The molecule has 1 amide bonds. The van der Waals surface area contributed by atoms with Crippen LogP contribution in [0.1, 0.15) is 74.8 Å². The van der Waals surface area contributed by atoms with Crippen molar-refractivity contribution in [1.82, 2.24) is 0 Å². The van der Waals surface area contributed by atoms with E-state index in [1.54, 1.807) is 6.07 Å². The Bertz CT molecular complexity index is 524. The van der Waals surface area contributed by atoms with Gasteiger partial charge in [0.15, 0.2) is 0 Å². The second-order valence-corrected chi connectivity index (χ2v) is 6.11. The van der Waals surface area contributed by atoms with E-state index in [9.17, 15) is 9.90 Å². The van der Waals surface area contributed by atoms with Crippen LogP contribution in [0.4, 0.5) is 5.69 Å². The van der Waals surface area contributed by atoms with Crippen molar-refractivity contribution in [2.45, 2.75) is 63.7 Å². The minimum Gasteiger partial charge on any atom is -0.508 e. The third-order valence-electron chi connectivity index (χ3n) is 4.77. The number of benzene rings is 1. The van der Waals surface area contributed by atoms with Gasteiger partial charge in [-0.1, -0.05) is 26.2 Å². The molecule has 2 atom stereocenters. The van der Waals surface area contributed by atoms with E-state index in [0.717, 1.165) is 17.7 Å². The van der Waals surface area contributed by atoms with Gasteiger partial charge in [0.25, 0.3) is 0 Å². The normalized spacial score (nSPS) is 24.1. The molecule has 3 rings (SSSR count). The molecule has 0 aliphatic heterocycles. The third kappa shape index (κ3) is 2.19. The number of hydrogen-bond acceptors (Lipinski definition) is 2. The molecule has 0 unspecified atom stereocenters. The Labute approximate surface area is 120 Å². The summed E-state index contributed by atoms with van der Waals surface area (Å²) in [4.78, 5) is 11.8. The van der Waals surface area contributed by atoms with Crippen LogP contribution in [0.5, 0.6) is 5.75 Å². The summed E-state index contributed by atoms with van der Waals surface area (Å²) in [7, 11) is 0. The molecule has 3 nitrogen and oxygen atoms in total. The van der Waals surface area contributed by atoms with Crippen LogP contribution < -0.4 is 5.32 Å². The van der Waals surface area contributed by atoms with E-state index in [0.29, 0.717) is 24.0 Å². The van der Waals surface area contributed by atoms with Gasteiger partial charge in [0.1, 0.15) is 5.75 Å². The highest BCUT2D eigenvalue weighted by molar-refractivity contribution is 5.92. The van der Waals surface area contributed by atoms with Gasteiger partial charge < -0.3 is 10.4 Å². The molecule has 1 fully saturated rings. The Hall–Kier alpha value is -1.51. The second-order valence-electron chi connectivity index (χ2n) is 6.11. The molecule has 0 aromatic heterocycles. The predicted molar refractivity (Wildman–Crippen MR) is 80.2 cm³/mol. The standard InChI is InChI=1S/C17H23NO2/c1-2-6-15(20)18-13-9-10-14(19)17-12-8-5-3-4-7-11(12)16(13)17/h9-12,19H,2-8H2,1H3,(H,18,20)/t11-,12-/m1/s1. The zero-order valence-electron chi connectivity index (χ0n) is 12.1. The van der Waals surface area contributed by atoms with E-state index in [-0.39, 0.29) is 5.91 Å². The highest BCUT2D eigenvalue weighted by atomic mass is 16.3. The van der Waals surface area contributed by atoms with Crippen LogP contribution in [0.3, 0.4) is 0 Å². The fourth-order valence-electron chi connectivity index (χ4n) is 3.87. The van der Waals surface area contributed by atoms with Crippen LogP contribution in [0.15, 0.2) is 12.1 Å². The van der Waals surface area contributed by atoms with Gasteiger partial charge in [-0.05, 0) is 48.8 Å². The molecule has 0 radical (unpaired) electrons.